The van der Waals surface area contributed by atoms with Crippen molar-refractivity contribution in [3.05, 3.63) is 59.7 Å². The molecule has 1 nitrogen and oxygen atoms in total. The molecule has 0 heterocycles. The molecule has 0 atom stereocenters. The number of allylic oxidation sites excluding steroid dienone is 4. The fourth-order valence-corrected chi connectivity index (χ4v) is 5.19. The van der Waals surface area contributed by atoms with Crippen molar-refractivity contribution in [1.29, 1.82) is 5.26 Å². The quantitative estimate of drug-likeness (QED) is 0.339. The zero-order valence-corrected chi connectivity index (χ0v) is 17.6. The Hall–Kier alpha value is -2.02. The third-order valence-corrected chi connectivity index (χ3v) is 7.10. The highest BCUT2D eigenvalue weighted by Gasteiger charge is 2.31. The Labute approximate surface area is 178 Å². The van der Waals surface area contributed by atoms with Crippen LogP contribution in [0.15, 0.2) is 48.6 Å². The normalized spacial score (nSPS) is 28.1. The third kappa shape index (κ3) is 6.76. The third-order valence-electron chi connectivity index (χ3n) is 7.10. The molecule has 2 saturated carbocycles. The van der Waals surface area contributed by atoms with Crippen molar-refractivity contribution in [2.75, 3.05) is 0 Å². The maximum absolute atomic E-state index is 12.7. The Morgan fingerprint density at radius 3 is 1.93 bits per heavy atom. The lowest BCUT2D eigenvalue weighted by Crippen LogP contribution is -2.17. The van der Waals surface area contributed by atoms with Gasteiger partial charge in [0.1, 0.15) is 0 Å². The SMILES string of the molecule is N#CC=CC=C[C@H]1CC[C@H](CC[C@H]2CC[C@H](c3ccc(C(F)(F)F)cc3)CC2)CC1. The van der Waals surface area contributed by atoms with Gasteiger partial charge in [0, 0.05) is 6.08 Å². The number of nitriles is 1. The summed E-state index contributed by atoms with van der Waals surface area (Å²) in [6, 6.07) is 7.82. The smallest absolute Gasteiger partial charge is 0.193 e. The number of hydrogen-bond donors (Lipinski definition) is 0. The minimum absolute atomic E-state index is 0.417. The molecule has 30 heavy (non-hydrogen) atoms. The zero-order valence-electron chi connectivity index (χ0n) is 17.6. The fourth-order valence-electron chi connectivity index (χ4n) is 5.19. The summed E-state index contributed by atoms with van der Waals surface area (Å²) in [5.74, 6) is 2.70. The maximum Gasteiger partial charge on any atom is 0.416 e. The van der Waals surface area contributed by atoms with Crippen LogP contribution in [0.25, 0.3) is 0 Å². The van der Waals surface area contributed by atoms with E-state index in [-0.39, 0.29) is 0 Å². The van der Waals surface area contributed by atoms with E-state index in [0.29, 0.717) is 11.8 Å². The second-order valence-electron chi connectivity index (χ2n) is 9.07. The lowest BCUT2D eigenvalue weighted by molar-refractivity contribution is -0.137. The first-order chi connectivity index (χ1) is 14.5. The van der Waals surface area contributed by atoms with E-state index in [2.05, 4.69) is 6.08 Å². The molecule has 1 aromatic rings. The molecule has 0 radical (unpaired) electrons. The van der Waals surface area contributed by atoms with Crippen LogP contribution in [0.4, 0.5) is 13.2 Å². The van der Waals surface area contributed by atoms with Gasteiger partial charge in [-0.05, 0) is 92.7 Å². The summed E-state index contributed by atoms with van der Waals surface area (Å²) in [6.45, 7) is 0. The van der Waals surface area contributed by atoms with Crippen molar-refractivity contribution in [1.82, 2.24) is 0 Å². The molecule has 2 aliphatic rings. The molecular formula is C26H32F3N. The summed E-state index contributed by atoms with van der Waals surface area (Å²) in [4.78, 5) is 0. The Bertz CT molecular complexity index is 738. The van der Waals surface area contributed by atoms with Gasteiger partial charge in [0.15, 0.2) is 0 Å². The van der Waals surface area contributed by atoms with Gasteiger partial charge in [-0.25, -0.2) is 0 Å². The molecular weight excluding hydrogens is 383 g/mol. The lowest BCUT2D eigenvalue weighted by Gasteiger charge is -2.31. The van der Waals surface area contributed by atoms with E-state index in [1.165, 1.54) is 69.6 Å². The first kappa shape index (κ1) is 22.7. The fraction of sp³-hybridized carbons (Fsp3) is 0.577. The van der Waals surface area contributed by atoms with Crippen molar-refractivity contribution in [3.63, 3.8) is 0 Å². The van der Waals surface area contributed by atoms with Crippen LogP contribution < -0.4 is 0 Å². The van der Waals surface area contributed by atoms with E-state index >= 15 is 0 Å². The number of benzene rings is 1. The van der Waals surface area contributed by atoms with Crippen LogP contribution in [-0.4, -0.2) is 0 Å². The van der Waals surface area contributed by atoms with Crippen LogP contribution in [0, 0.1) is 29.1 Å². The van der Waals surface area contributed by atoms with Crippen molar-refractivity contribution >= 4 is 0 Å². The first-order valence-electron chi connectivity index (χ1n) is 11.4. The number of halogens is 3. The van der Waals surface area contributed by atoms with E-state index in [1.54, 1.807) is 12.1 Å². The van der Waals surface area contributed by atoms with Gasteiger partial charge < -0.3 is 0 Å². The van der Waals surface area contributed by atoms with E-state index in [4.69, 9.17) is 5.26 Å². The number of alkyl halides is 3. The molecule has 0 aliphatic heterocycles. The number of rotatable bonds is 6. The van der Waals surface area contributed by atoms with Gasteiger partial charge in [0.05, 0.1) is 11.6 Å². The Kier molecular flexibility index (Phi) is 8.19. The summed E-state index contributed by atoms with van der Waals surface area (Å²) in [6.07, 6.45) is 15.7. The average molecular weight is 416 g/mol. The van der Waals surface area contributed by atoms with Crippen LogP contribution >= 0.6 is 0 Å². The Balaban J connectivity index is 1.35. The molecule has 0 aromatic heterocycles. The largest absolute Gasteiger partial charge is 0.416 e. The Morgan fingerprint density at radius 1 is 0.833 bits per heavy atom. The molecule has 2 aliphatic carbocycles. The molecule has 0 unspecified atom stereocenters. The summed E-state index contributed by atoms with van der Waals surface area (Å²) < 4.78 is 38.2. The van der Waals surface area contributed by atoms with Gasteiger partial charge in [-0.3, -0.25) is 0 Å². The molecule has 4 heteroatoms. The number of nitrogens with zero attached hydrogens (tertiary/aromatic N) is 1. The van der Waals surface area contributed by atoms with E-state index in [0.717, 1.165) is 30.2 Å². The molecule has 0 bridgehead atoms. The van der Waals surface area contributed by atoms with E-state index in [9.17, 15) is 13.2 Å². The van der Waals surface area contributed by atoms with Gasteiger partial charge in [-0.2, -0.15) is 18.4 Å². The van der Waals surface area contributed by atoms with Crippen LogP contribution in [0.5, 0.6) is 0 Å². The van der Waals surface area contributed by atoms with Crippen molar-refractivity contribution in [3.8, 4) is 6.07 Å². The molecule has 1 aromatic carbocycles. The van der Waals surface area contributed by atoms with Crippen molar-refractivity contribution in [2.24, 2.45) is 17.8 Å². The zero-order chi connectivity index (χ0) is 21.4. The molecule has 2 fully saturated rings. The van der Waals surface area contributed by atoms with Crippen LogP contribution in [-0.2, 0) is 6.18 Å². The minimum atomic E-state index is -4.25. The highest BCUT2D eigenvalue weighted by Crippen LogP contribution is 2.40. The van der Waals surface area contributed by atoms with Crippen LogP contribution in [0.1, 0.15) is 81.3 Å². The molecule has 0 N–H and O–H groups in total. The van der Waals surface area contributed by atoms with Gasteiger partial charge in [-0.1, -0.05) is 43.2 Å². The van der Waals surface area contributed by atoms with Gasteiger partial charge in [0.25, 0.3) is 0 Å². The summed E-state index contributed by atoms with van der Waals surface area (Å²) in [5.41, 5.74) is 0.515. The average Bonchev–Trinajstić information content (AvgIpc) is 2.76. The van der Waals surface area contributed by atoms with Crippen LogP contribution in [0.2, 0.25) is 0 Å². The van der Waals surface area contributed by atoms with Gasteiger partial charge >= 0.3 is 6.18 Å². The summed E-state index contributed by atoms with van der Waals surface area (Å²) in [5, 5.41) is 8.51. The predicted molar refractivity (Wildman–Crippen MR) is 115 cm³/mol. The maximum atomic E-state index is 12.7. The first-order valence-corrected chi connectivity index (χ1v) is 11.4. The molecule has 0 spiro atoms. The second-order valence-corrected chi connectivity index (χ2v) is 9.07. The standard InChI is InChI=1S/C26H32F3N/c27-26(28,29)25-17-15-24(16-18-25)23-13-11-22(12-14-23)10-9-21-7-5-20(6-8-21)4-2-1-3-19-30/h1-4,15-18,20-23H,5-14H2/t20-,21-,22-,23-. The summed E-state index contributed by atoms with van der Waals surface area (Å²) in [7, 11) is 0. The van der Waals surface area contributed by atoms with Crippen LogP contribution in [0.3, 0.4) is 0 Å². The van der Waals surface area contributed by atoms with Gasteiger partial charge in [0.2, 0.25) is 0 Å². The Morgan fingerprint density at radius 2 is 1.40 bits per heavy atom. The minimum Gasteiger partial charge on any atom is -0.193 e. The predicted octanol–water partition coefficient (Wildman–Crippen LogP) is 8.20. The topological polar surface area (TPSA) is 23.8 Å². The highest BCUT2D eigenvalue weighted by atomic mass is 19.4. The van der Waals surface area contributed by atoms with Crippen molar-refractivity contribution < 1.29 is 13.2 Å². The second kappa shape index (κ2) is 10.8. The highest BCUT2D eigenvalue weighted by molar-refractivity contribution is 5.27. The number of hydrogen-bond acceptors (Lipinski definition) is 1. The van der Waals surface area contributed by atoms with Gasteiger partial charge in [-0.15, -0.1) is 0 Å². The molecule has 162 valence electrons. The van der Waals surface area contributed by atoms with E-state index < -0.39 is 11.7 Å². The van der Waals surface area contributed by atoms with Crippen molar-refractivity contribution in [2.45, 2.75) is 76.3 Å². The lowest BCUT2D eigenvalue weighted by atomic mass is 9.74. The monoisotopic (exact) mass is 415 g/mol. The molecule has 0 amide bonds. The van der Waals surface area contributed by atoms with E-state index in [1.807, 2.05) is 18.2 Å². The summed E-state index contributed by atoms with van der Waals surface area (Å²) >= 11 is 0. The molecule has 0 saturated heterocycles. The molecule has 3 rings (SSSR count).